The number of nitrogens with zero attached hydrogens (tertiary/aromatic N) is 1. The van der Waals surface area contributed by atoms with Crippen LogP contribution in [0.3, 0.4) is 0 Å². The summed E-state index contributed by atoms with van der Waals surface area (Å²) in [5.74, 6) is 0. The van der Waals surface area contributed by atoms with Crippen molar-refractivity contribution in [2.45, 2.75) is 50.7 Å². The van der Waals surface area contributed by atoms with Gasteiger partial charge in [0, 0.05) is 25.5 Å². The Balaban J connectivity index is 2.05. The van der Waals surface area contributed by atoms with E-state index in [1.54, 1.807) is 0 Å². The van der Waals surface area contributed by atoms with Crippen LogP contribution in [0.5, 0.6) is 0 Å². The third-order valence-electron chi connectivity index (χ3n) is 4.04. The maximum atomic E-state index is 5.82. The summed E-state index contributed by atoms with van der Waals surface area (Å²) in [5, 5.41) is 3.66. The third kappa shape index (κ3) is 2.90. The molecule has 100 valence electrons. The van der Waals surface area contributed by atoms with E-state index in [1.165, 1.54) is 24.8 Å². The maximum Gasteiger partial charge on any atom is 0.0834 e. The van der Waals surface area contributed by atoms with Gasteiger partial charge in [0.2, 0.25) is 0 Å². The van der Waals surface area contributed by atoms with Crippen molar-refractivity contribution in [1.29, 1.82) is 0 Å². The fourth-order valence-corrected chi connectivity index (χ4v) is 2.74. The lowest BCUT2D eigenvalue weighted by molar-refractivity contribution is -0.0980. The van der Waals surface area contributed by atoms with Gasteiger partial charge in [0.1, 0.15) is 0 Å². The van der Waals surface area contributed by atoms with Gasteiger partial charge in [-0.1, -0.05) is 13.0 Å². The van der Waals surface area contributed by atoms with E-state index < -0.39 is 0 Å². The zero-order valence-corrected chi connectivity index (χ0v) is 11.5. The molecule has 1 aliphatic rings. The number of aromatic nitrogens is 1. The van der Waals surface area contributed by atoms with E-state index in [-0.39, 0.29) is 5.60 Å². The van der Waals surface area contributed by atoms with Crippen LogP contribution in [0.15, 0.2) is 24.5 Å². The van der Waals surface area contributed by atoms with Gasteiger partial charge in [0.25, 0.3) is 0 Å². The Kier molecular flexibility index (Phi) is 4.72. The van der Waals surface area contributed by atoms with Crippen molar-refractivity contribution in [2.24, 2.45) is 0 Å². The Bertz CT molecular complexity index is 343. The summed E-state index contributed by atoms with van der Waals surface area (Å²) in [6, 6.07) is 4.56. The van der Waals surface area contributed by atoms with E-state index in [2.05, 4.69) is 23.3 Å². The second-order valence-corrected chi connectivity index (χ2v) is 5.19. The highest BCUT2D eigenvalue weighted by Gasteiger charge is 2.44. The maximum absolute atomic E-state index is 5.82. The Morgan fingerprint density at radius 1 is 1.50 bits per heavy atom. The number of methoxy groups -OCH3 is 1. The van der Waals surface area contributed by atoms with Crippen LogP contribution in [0.1, 0.15) is 38.2 Å². The minimum atomic E-state index is 0.0466. The molecule has 0 aromatic carbocycles. The minimum Gasteiger partial charge on any atom is -0.377 e. The number of rotatable bonds is 7. The molecule has 1 aliphatic carbocycles. The van der Waals surface area contributed by atoms with Crippen LogP contribution in [0.2, 0.25) is 0 Å². The number of nitrogens with one attached hydrogen (secondary N) is 1. The molecule has 1 saturated carbocycles. The van der Waals surface area contributed by atoms with Gasteiger partial charge in [-0.3, -0.25) is 4.98 Å². The van der Waals surface area contributed by atoms with Gasteiger partial charge >= 0.3 is 0 Å². The number of ether oxygens (including phenoxy) is 1. The first-order valence-electron chi connectivity index (χ1n) is 6.98. The van der Waals surface area contributed by atoms with Crippen molar-refractivity contribution in [3.05, 3.63) is 30.1 Å². The average molecular weight is 248 g/mol. The van der Waals surface area contributed by atoms with Crippen molar-refractivity contribution < 1.29 is 4.74 Å². The number of hydrogen-bond acceptors (Lipinski definition) is 3. The van der Waals surface area contributed by atoms with Crippen molar-refractivity contribution in [3.8, 4) is 0 Å². The van der Waals surface area contributed by atoms with Crippen LogP contribution in [0, 0.1) is 0 Å². The summed E-state index contributed by atoms with van der Waals surface area (Å²) >= 11 is 0. The topological polar surface area (TPSA) is 34.2 Å². The molecule has 0 saturated heterocycles. The average Bonchev–Trinajstić information content (AvgIpc) is 2.36. The van der Waals surface area contributed by atoms with Gasteiger partial charge in [0.15, 0.2) is 0 Å². The van der Waals surface area contributed by atoms with Gasteiger partial charge in [-0.05, 0) is 50.3 Å². The van der Waals surface area contributed by atoms with E-state index in [9.17, 15) is 0 Å². The SMILES string of the molecule is CCCNC(Cc1cccnc1)C1(OC)CCC1. The molecule has 3 heteroatoms. The highest BCUT2D eigenvalue weighted by atomic mass is 16.5. The predicted octanol–water partition coefficient (Wildman–Crippen LogP) is 2.56. The number of hydrogen-bond donors (Lipinski definition) is 1. The number of pyridine rings is 1. The Morgan fingerprint density at radius 3 is 2.83 bits per heavy atom. The molecule has 1 atom stereocenters. The van der Waals surface area contributed by atoms with Crippen molar-refractivity contribution in [2.75, 3.05) is 13.7 Å². The lowest BCUT2D eigenvalue weighted by Crippen LogP contribution is -2.57. The molecule has 0 aliphatic heterocycles. The van der Waals surface area contributed by atoms with E-state index in [0.717, 1.165) is 19.4 Å². The molecule has 1 aromatic heterocycles. The molecule has 0 spiro atoms. The van der Waals surface area contributed by atoms with E-state index in [0.29, 0.717) is 6.04 Å². The molecule has 1 N–H and O–H groups in total. The molecule has 0 amide bonds. The lowest BCUT2D eigenvalue weighted by atomic mass is 9.72. The predicted molar refractivity (Wildman–Crippen MR) is 73.6 cm³/mol. The van der Waals surface area contributed by atoms with E-state index in [1.807, 2.05) is 25.6 Å². The van der Waals surface area contributed by atoms with E-state index >= 15 is 0 Å². The minimum absolute atomic E-state index is 0.0466. The molecular formula is C15H24N2O. The molecule has 0 radical (unpaired) electrons. The Labute approximate surface area is 110 Å². The summed E-state index contributed by atoms with van der Waals surface area (Å²) in [7, 11) is 1.85. The molecular weight excluding hydrogens is 224 g/mol. The molecule has 1 unspecified atom stereocenters. The third-order valence-corrected chi connectivity index (χ3v) is 4.04. The zero-order valence-electron chi connectivity index (χ0n) is 11.5. The summed E-state index contributed by atoms with van der Waals surface area (Å²) < 4.78 is 5.82. The quantitative estimate of drug-likeness (QED) is 0.805. The first-order valence-corrected chi connectivity index (χ1v) is 6.98. The molecule has 18 heavy (non-hydrogen) atoms. The second kappa shape index (κ2) is 6.30. The highest BCUT2D eigenvalue weighted by Crippen LogP contribution is 2.39. The Morgan fingerprint density at radius 2 is 2.33 bits per heavy atom. The monoisotopic (exact) mass is 248 g/mol. The largest absolute Gasteiger partial charge is 0.377 e. The molecule has 3 nitrogen and oxygen atoms in total. The molecule has 1 fully saturated rings. The summed E-state index contributed by atoms with van der Waals surface area (Å²) in [4.78, 5) is 4.20. The van der Waals surface area contributed by atoms with E-state index in [4.69, 9.17) is 4.74 Å². The van der Waals surface area contributed by atoms with Crippen molar-refractivity contribution >= 4 is 0 Å². The van der Waals surface area contributed by atoms with Crippen LogP contribution in [0.4, 0.5) is 0 Å². The summed E-state index contributed by atoms with van der Waals surface area (Å²) in [6.07, 6.45) is 9.57. The highest BCUT2D eigenvalue weighted by molar-refractivity contribution is 5.14. The van der Waals surface area contributed by atoms with Gasteiger partial charge in [-0.15, -0.1) is 0 Å². The summed E-state index contributed by atoms with van der Waals surface area (Å²) in [5.41, 5.74) is 1.33. The Hall–Kier alpha value is -0.930. The fourth-order valence-electron chi connectivity index (χ4n) is 2.74. The lowest BCUT2D eigenvalue weighted by Gasteiger charge is -2.47. The van der Waals surface area contributed by atoms with Gasteiger partial charge in [0.05, 0.1) is 5.60 Å². The normalized spacial score (nSPS) is 19.2. The van der Waals surface area contributed by atoms with Crippen LogP contribution in [0.25, 0.3) is 0 Å². The van der Waals surface area contributed by atoms with Crippen molar-refractivity contribution in [1.82, 2.24) is 10.3 Å². The van der Waals surface area contributed by atoms with Crippen LogP contribution in [-0.2, 0) is 11.2 Å². The van der Waals surface area contributed by atoms with Crippen molar-refractivity contribution in [3.63, 3.8) is 0 Å². The van der Waals surface area contributed by atoms with Gasteiger partial charge in [-0.25, -0.2) is 0 Å². The first kappa shape index (κ1) is 13.5. The first-order chi connectivity index (χ1) is 8.80. The van der Waals surface area contributed by atoms with Gasteiger partial charge in [-0.2, -0.15) is 0 Å². The molecule has 1 heterocycles. The van der Waals surface area contributed by atoms with Crippen LogP contribution < -0.4 is 5.32 Å². The standard InChI is InChI=1S/C15H24N2O/c1-3-9-17-14(15(18-2)7-5-8-15)11-13-6-4-10-16-12-13/h4,6,10,12,14,17H,3,5,7-9,11H2,1-2H3. The van der Waals surface area contributed by atoms with Gasteiger partial charge < -0.3 is 10.1 Å². The smallest absolute Gasteiger partial charge is 0.0834 e. The molecule has 2 rings (SSSR count). The van der Waals surface area contributed by atoms with Crippen LogP contribution >= 0.6 is 0 Å². The molecule has 1 aromatic rings. The second-order valence-electron chi connectivity index (χ2n) is 5.19. The fraction of sp³-hybridized carbons (Fsp3) is 0.667. The molecule has 0 bridgehead atoms. The summed E-state index contributed by atoms with van der Waals surface area (Å²) in [6.45, 7) is 3.25. The van der Waals surface area contributed by atoms with Crippen LogP contribution in [-0.4, -0.2) is 30.3 Å². The zero-order chi connectivity index (χ0) is 12.8.